The largest absolute Gasteiger partial charge is 0.478 e. The Morgan fingerprint density at radius 1 is 1.18 bits per heavy atom. The molecular formula is C15H13N3O4. The molecule has 2 aromatic carbocycles. The molecule has 0 amide bonds. The van der Waals surface area contributed by atoms with E-state index in [0.717, 1.165) is 5.56 Å². The summed E-state index contributed by atoms with van der Waals surface area (Å²) in [5, 5.41) is 23.7. The average molecular weight is 299 g/mol. The third-order valence-corrected chi connectivity index (χ3v) is 2.96. The smallest absolute Gasteiger partial charge is 0.335 e. The van der Waals surface area contributed by atoms with Crippen LogP contribution in [0.5, 0.6) is 0 Å². The maximum Gasteiger partial charge on any atom is 0.335 e. The van der Waals surface area contributed by atoms with Crippen molar-refractivity contribution >= 4 is 23.1 Å². The standard InChI is InChI=1S/C15H13N3O4/c1-10(11-5-7-14(8-6-11)18(21)22)16-17-13-4-2-3-12(9-13)15(19)20/h2-9,17H,1H3,(H,19,20)/b16-10-. The van der Waals surface area contributed by atoms with Crippen molar-refractivity contribution in [3.8, 4) is 0 Å². The van der Waals surface area contributed by atoms with Crippen LogP contribution in [0, 0.1) is 10.1 Å². The van der Waals surface area contributed by atoms with Gasteiger partial charge in [-0.15, -0.1) is 0 Å². The van der Waals surface area contributed by atoms with E-state index < -0.39 is 10.9 Å². The first-order chi connectivity index (χ1) is 10.5. The second-order valence-corrected chi connectivity index (χ2v) is 4.50. The van der Waals surface area contributed by atoms with E-state index in [2.05, 4.69) is 10.5 Å². The van der Waals surface area contributed by atoms with Gasteiger partial charge in [0.1, 0.15) is 0 Å². The summed E-state index contributed by atoms with van der Waals surface area (Å²) in [5.41, 5.74) is 4.83. The maximum atomic E-state index is 10.9. The van der Waals surface area contributed by atoms with Gasteiger partial charge >= 0.3 is 5.97 Å². The Kier molecular flexibility index (Phi) is 4.47. The highest BCUT2D eigenvalue weighted by Gasteiger charge is 2.06. The molecule has 0 fully saturated rings. The van der Waals surface area contributed by atoms with Gasteiger partial charge in [0.2, 0.25) is 0 Å². The molecule has 0 aliphatic carbocycles. The molecule has 7 heteroatoms. The number of carboxylic acid groups (broad SMARTS) is 1. The summed E-state index contributed by atoms with van der Waals surface area (Å²) in [7, 11) is 0. The van der Waals surface area contributed by atoms with Crippen molar-refractivity contribution in [1.29, 1.82) is 0 Å². The summed E-state index contributed by atoms with van der Waals surface area (Å²) in [6.45, 7) is 1.75. The van der Waals surface area contributed by atoms with Crippen LogP contribution in [-0.4, -0.2) is 21.7 Å². The zero-order valence-corrected chi connectivity index (χ0v) is 11.7. The number of nitrogens with zero attached hydrogens (tertiary/aromatic N) is 2. The number of nitrogens with one attached hydrogen (secondary N) is 1. The number of rotatable bonds is 5. The van der Waals surface area contributed by atoms with Gasteiger partial charge in [-0.25, -0.2) is 4.79 Å². The van der Waals surface area contributed by atoms with Crippen LogP contribution in [0.4, 0.5) is 11.4 Å². The summed E-state index contributed by atoms with van der Waals surface area (Å²) in [6, 6.07) is 12.3. The first-order valence-corrected chi connectivity index (χ1v) is 6.36. The van der Waals surface area contributed by atoms with Crippen molar-refractivity contribution in [2.75, 3.05) is 5.43 Å². The molecule has 22 heavy (non-hydrogen) atoms. The highest BCUT2D eigenvalue weighted by atomic mass is 16.6. The molecule has 112 valence electrons. The number of non-ortho nitro benzene ring substituents is 1. The normalized spacial score (nSPS) is 11.0. The van der Waals surface area contributed by atoms with Gasteiger partial charge in [-0.3, -0.25) is 15.5 Å². The molecule has 0 unspecified atom stereocenters. The monoisotopic (exact) mass is 299 g/mol. The molecular weight excluding hydrogens is 286 g/mol. The summed E-state index contributed by atoms with van der Waals surface area (Å²) < 4.78 is 0. The SMILES string of the molecule is C/C(=N/Nc1cccc(C(=O)O)c1)c1ccc([N+](=O)[O-])cc1. The van der Waals surface area contributed by atoms with E-state index in [-0.39, 0.29) is 11.3 Å². The van der Waals surface area contributed by atoms with E-state index in [9.17, 15) is 14.9 Å². The molecule has 0 saturated heterocycles. The minimum absolute atomic E-state index is 0.0127. The number of nitro benzene ring substituents is 1. The van der Waals surface area contributed by atoms with Gasteiger partial charge in [0.05, 0.1) is 21.9 Å². The van der Waals surface area contributed by atoms with Crippen LogP contribution in [-0.2, 0) is 0 Å². The molecule has 0 radical (unpaired) electrons. The number of hydrogen-bond acceptors (Lipinski definition) is 5. The van der Waals surface area contributed by atoms with Gasteiger partial charge in [-0.05, 0) is 42.8 Å². The second-order valence-electron chi connectivity index (χ2n) is 4.50. The molecule has 2 rings (SSSR count). The Balaban J connectivity index is 2.14. The molecule has 0 spiro atoms. The van der Waals surface area contributed by atoms with Gasteiger partial charge in [-0.2, -0.15) is 5.10 Å². The lowest BCUT2D eigenvalue weighted by molar-refractivity contribution is -0.384. The third kappa shape index (κ3) is 3.66. The molecule has 0 bridgehead atoms. The molecule has 0 aliphatic heterocycles. The Hall–Kier alpha value is -3.22. The van der Waals surface area contributed by atoms with Crippen molar-refractivity contribution in [3.05, 3.63) is 69.8 Å². The zero-order chi connectivity index (χ0) is 16.1. The number of hydrazone groups is 1. The van der Waals surface area contributed by atoms with Crippen LogP contribution >= 0.6 is 0 Å². The second kappa shape index (κ2) is 6.49. The molecule has 0 heterocycles. The first-order valence-electron chi connectivity index (χ1n) is 6.36. The first kappa shape index (κ1) is 15.2. The Morgan fingerprint density at radius 3 is 2.45 bits per heavy atom. The van der Waals surface area contributed by atoms with Crippen LogP contribution in [0.1, 0.15) is 22.8 Å². The Morgan fingerprint density at radius 2 is 1.86 bits per heavy atom. The molecule has 2 aromatic rings. The zero-order valence-electron chi connectivity index (χ0n) is 11.7. The summed E-state index contributed by atoms with van der Waals surface area (Å²) >= 11 is 0. The van der Waals surface area contributed by atoms with E-state index in [1.807, 2.05) is 0 Å². The molecule has 0 saturated carbocycles. The Bertz CT molecular complexity index is 739. The van der Waals surface area contributed by atoms with E-state index >= 15 is 0 Å². The highest BCUT2D eigenvalue weighted by Crippen LogP contribution is 2.14. The van der Waals surface area contributed by atoms with Crippen LogP contribution in [0.3, 0.4) is 0 Å². The fourth-order valence-electron chi connectivity index (χ4n) is 1.76. The number of benzene rings is 2. The van der Waals surface area contributed by atoms with Crippen molar-refractivity contribution in [2.45, 2.75) is 6.92 Å². The average Bonchev–Trinajstić information content (AvgIpc) is 2.53. The van der Waals surface area contributed by atoms with Crippen LogP contribution in [0.15, 0.2) is 53.6 Å². The fourth-order valence-corrected chi connectivity index (χ4v) is 1.76. The van der Waals surface area contributed by atoms with E-state index in [4.69, 9.17) is 5.11 Å². The number of hydrogen-bond donors (Lipinski definition) is 2. The van der Waals surface area contributed by atoms with Crippen LogP contribution in [0.2, 0.25) is 0 Å². The van der Waals surface area contributed by atoms with Gasteiger partial charge in [0.25, 0.3) is 5.69 Å². The fraction of sp³-hybridized carbons (Fsp3) is 0.0667. The van der Waals surface area contributed by atoms with Crippen molar-refractivity contribution in [3.63, 3.8) is 0 Å². The minimum atomic E-state index is -1.01. The van der Waals surface area contributed by atoms with E-state index in [1.165, 1.54) is 24.3 Å². The topological polar surface area (TPSA) is 105 Å². The lowest BCUT2D eigenvalue weighted by Crippen LogP contribution is -2.01. The quantitative estimate of drug-likeness (QED) is 0.501. The molecule has 7 nitrogen and oxygen atoms in total. The number of nitro groups is 1. The summed E-state index contributed by atoms with van der Waals surface area (Å²) in [5.74, 6) is -1.01. The predicted octanol–water partition coefficient (Wildman–Crippen LogP) is 3.13. The number of carbonyl (C=O) groups is 1. The third-order valence-electron chi connectivity index (χ3n) is 2.96. The van der Waals surface area contributed by atoms with E-state index in [1.54, 1.807) is 31.2 Å². The minimum Gasteiger partial charge on any atom is -0.478 e. The highest BCUT2D eigenvalue weighted by molar-refractivity contribution is 5.99. The van der Waals surface area contributed by atoms with Gasteiger partial charge in [-0.1, -0.05) is 6.07 Å². The lowest BCUT2D eigenvalue weighted by atomic mass is 10.1. The summed E-state index contributed by atoms with van der Waals surface area (Å²) in [4.78, 5) is 21.0. The van der Waals surface area contributed by atoms with Crippen LogP contribution < -0.4 is 5.43 Å². The lowest BCUT2D eigenvalue weighted by Gasteiger charge is -2.04. The van der Waals surface area contributed by atoms with Crippen molar-refractivity contribution < 1.29 is 14.8 Å². The van der Waals surface area contributed by atoms with Gasteiger partial charge in [0, 0.05) is 12.1 Å². The van der Waals surface area contributed by atoms with Crippen molar-refractivity contribution in [1.82, 2.24) is 0 Å². The van der Waals surface area contributed by atoms with Gasteiger partial charge in [0.15, 0.2) is 0 Å². The number of carboxylic acids is 1. The molecule has 0 aliphatic rings. The molecule has 0 atom stereocenters. The number of anilines is 1. The van der Waals surface area contributed by atoms with E-state index in [0.29, 0.717) is 11.4 Å². The van der Waals surface area contributed by atoms with Crippen LogP contribution in [0.25, 0.3) is 0 Å². The maximum absolute atomic E-state index is 10.9. The predicted molar refractivity (Wildman–Crippen MR) is 82.3 cm³/mol. The van der Waals surface area contributed by atoms with Gasteiger partial charge < -0.3 is 5.11 Å². The molecule has 2 N–H and O–H groups in total. The number of aromatic carboxylic acids is 1. The molecule has 0 aromatic heterocycles. The Labute approximate surface area is 126 Å². The van der Waals surface area contributed by atoms with Crippen molar-refractivity contribution in [2.24, 2.45) is 5.10 Å². The summed E-state index contributed by atoms with van der Waals surface area (Å²) in [6.07, 6.45) is 0.